The molecule has 0 aliphatic carbocycles. The first-order valence-electron chi connectivity index (χ1n) is 5.52. The van der Waals surface area contributed by atoms with Gasteiger partial charge in [0, 0.05) is 18.0 Å². The minimum Gasteiger partial charge on any atom is -0.380 e. The molecule has 1 aromatic rings. The zero-order valence-corrected chi connectivity index (χ0v) is 9.66. The van der Waals surface area contributed by atoms with Crippen LogP contribution in [0.5, 0.6) is 0 Å². The molecule has 4 heteroatoms. The van der Waals surface area contributed by atoms with E-state index in [0.29, 0.717) is 0 Å². The summed E-state index contributed by atoms with van der Waals surface area (Å²) in [5, 5.41) is 3.40. The molecule has 0 aromatic carbocycles. The normalized spacial score (nSPS) is 20.2. The van der Waals surface area contributed by atoms with Crippen LogP contribution in [0.1, 0.15) is 25.6 Å². The maximum Gasteiger partial charge on any atom is 0.141 e. The van der Waals surface area contributed by atoms with E-state index >= 15 is 0 Å². The van der Waals surface area contributed by atoms with Crippen LogP contribution in [0.4, 0.5) is 4.39 Å². The second-order valence-electron chi connectivity index (χ2n) is 4.81. The van der Waals surface area contributed by atoms with Crippen LogP contribution in [0.2, 0.25) is 0 Å². The molecule has 0 amide bonds. The standard InChI is InChI=1S/C12H17FN2O/c1-9(11-4-3-10(13)5-14-11)15-6-12(2)7-16-8-12/h3-5,9,15H,6-8H2,1-2H3. The van der Waals surface area contributed by atoms with Crippen molar-refractivity contribution in [2.75, 3.05) is 19.8 Å². The molecule has 1 aliphatic rings. The monoisotopic (exact) mass is 224 g/mol. The summed E-state index contributed by atoms with van der Waals surface area (Å²) in [6, 6.07) is 3.29. The van der Waals surface area contributed by atoms with Gasteiger partial charge in [0.15, 0.2) is 0 Å². The second kappa shape index (κ2) is 4.47. The first-order valence-corrected chi connectivity index (χ1v) is 5.52. The molecule has 2 rings (SSSR count). The van der Waals surface area contributed by atoms with Gasteiger partial charge in [0.25, 0.3) is 0 Å². The minimum absolute atomic E-state index is 0.137. The van der Waals surface area contributed by atoms with E-state index < -0.39 is 0 Å². The van der Waals surface area contributed by atoms with Crippen LogP contribution in [0.3, 0.4) is 0 Å². The van der Waals surface area contributed by atoms with Crippen molar-refractivity contribution in [2.24, 2.45) is 5.41 Å². The lowest BCUT2D eigenvalue weighted by Crippen LogP contribution is -2.47. The van der Waals surface area contributed by atoms with Crippen LogP contribution in [0.25, 0.3) is 0 Å². The summed E-state index contributed by atoms with van der Waals surface area (Å²) in [4.78, 5) is 4.05. The molecule has 1 aromatic heterocycles. The number of rotatable bonds is 4. The van der Waals surface area contributed by atoms with Crippen molar-refractivity contribution in [1.29, 1.82) is 0 Å². The van der Waals surface area contributed by atoms with Gasteiger partial charge in [0.05, 0.1) is 25.1 Å². The highest BCUT2D eigenvalue weighted by atomic mass is 19.1. The van der Waals surface area contributed by atoms with Crippen molar-refractivity contribution >= 4 is 0 Å². The van der Waals surface area contributed by atoms with Gasteiger partial charge in [-0.25, -0.2) is 4.39 Å². The van der Waals surface area contributed by atoms with E-state index in [1.807, 2.05) is 6.92 Å². The van der Waals surface area contributed by atoms with E-state index in [0.717, 1.165) is 25.5 Å². The quantitative estimate of drug-likeness (QED) is 0.848. The highest BCUT2D eigenvalue weighted by molar-refractivity contribution is 5.09. The van der Waals surface area contributed by atoms with Gasteiger partial charge < -0.3 is 10.1 Å². The molecule has 1 saturated heterocycles. The van der Waals surface area contributed by atoms with Crippen molar-refractivity contribution < 1.29 is 9.13 Å². The second-order valence-corrected chi connectivity index (χ2v) is 4.81. The third-order valence-corrected chi connectivity index (χ3v) is 2.93. The summed E-state index contributed by atoms with van der Waals surface area (Å²) in [7, 11) is 0. The average molecular weight is 224 g/mol. The van der Waals surface area contributed by atoms with Crippen molar-refractivity contribution in [1.82, 2.24) is 10.3 Å². The third-order valence-electron chi connectivity index (χ3n) is 2.93. The molecule has 3 nitrogen and oxygen atoms in total. The summed E-state index contributed by atoms with van der Waals surface area (Å²) in [6.45, 7) is 6.73. The first-order chi connectivity index (χ1) is 7.59. The fraction of sp³-hybridized carbons (Fsp3) is 0.583. The van der Waals surface area contributed by atoms with Crippen molar-refractivity contribution in [3.8, 4) is 0 Å². The molecule has 0 radical (unpaired) electrons. The third kappa shape index (κ3) is 2.57. The van der Waals surface area contributed by atoms with Gasteiger partial charge in [0.2, 0.25) is 0 Å². The number of nitrogens with one attached hydrogen (secondary N) is 1. The fourth-order valence-electron chi connectivity index (χ4n) is 1.70. The Hall–Kier alpha value is -1.00. The van der Waals surface area contributed by atoms with Gasteiger partial charge in [-0.3, -0.25) is 4.98 Å². The van der Waals surface area contributed by atoms with Gasteiger partial charge in [-0.15, -0.1) is 0 Å². The maximum atomic E-state index is 12.7. The lowest BCUT2D eigenvalue weighted by Gasteiger charge is -2.39. The van der Waals surface area contributed by atoms with Crippen molar-refractivity contribution in [3.63, 3.8) is 0 Å². The molecule has 1 unspecified atom stereocenters. The molecule has 88 valence electrons. The van der Waals surface area contributed by atoms with E-state index in [-0.39, 0.29) is 17.3 Å². The van der Waals surface area contributed by atoms with E-state index in [9.17, 15) is 4.39 Å². The highest BCUT2D eigenvalue weighted by Gasteiger charge is 2.33. The minimum atomic E-state index is -0.296. The average Bonchev–Trinajstić information content (AvgIpc) is 2.24. The predicted octanol–water partition coefficient (Wildman–Crippen LogP) is 1.91. The molecule has 0 spiro atoms. The molecular formula is C12H17FN2O. The number of hydrogen-bond donors (Lipinski definition) is 1. The van der Waals surface area contributed by atoms with Crippen LogP contribution in [0, 0.1) is 11.2 Å². The summed E-state index contributed by atoms with van der Waals surface area (Å²) >= 11 is 0. The molecule has 0 bridgehead atoms. The molecule has 16 heavy (non-hydrogen) atoms. The van der Waals surface area contributed by atoms with E-state index in [1.165, 1.54) is 12.3 Å². The summed E-state index contributed by atoms with van der Waals surface area (Å²) < 4.78 is 17.9. The Balaban J connectivity index is 1.87. The number of hydrogen-bond acceptors (Lipinski definition) is 3. The zero-order valence-electron chi connectivity index (χ0n) is 9.66. The van der Waals surface area contributed by atoms with Crippen LogP contribution in [-0.2, 0) is 4.74 Å². The Bertz CT molecular complexity index is 349. The largest absolute Gasteiger partial charge is 0.380 e. The molecule has 0 saturated carbocycles. The molecule has 2 heterocycles. The Morgan fingerprint density at radius 2 is 2.31 bits per heavy atom. The van der Waals surface area contributed by atoms with Gasteiger partial charge in [0.1, 0.15) is 5.82 Å². The zero-order chi connectivity index (χ0) is 11.6. The number of pyridine rings is 1. The van der Waals surface area contributed by atoms with Crippen molar-refractivity contribution in [3.05, 3.63) is 29.8 Å². The molecule has 1 atom stereocenters. The van der Waals surface area contributed by atoms with Gasteiger partial charge >= 0.3 is 0 Å². The van der Waals surface area contributed by atoms with E-state index in [1.54, 1.807) is 6.07 Å². The summed E-state index contributed by atoms with van der Waals surface area (Å²) in [6.07, 6.45) is 1.25. The smallest absolute Gasteiger partial charge is 0.141 e. The molecule has 1 fully saturated rings. The predicted molar refractivity (Wildman–Crippen MR) is 59.5 cm³/mol. The Kier molecular flexibility index (Phi) is 3.21. The van der Waals surface area contributed by atoms with Gasteiger partial charge in [-0.05, 0) is 19.1 Å². The Morgan fingerprint density at radius 3 is 2.81 bits per heavy atom. The Morgan fingerprint density at radius 1 is 1.56 bits per heavy atom. The maximum absolute atomic E-state index is 12.7. The Labute approximate surface area is 95.0 Å². The fourth-order valence-corrected chi connectivity index (χ4v) is 1.70. The van der Waals surface area contributed by atoms with E-state index in [4.69, 9.17) is 4.74 Å². The lowest BCUT2D eigenvalue weighted by molar-refractivity contribution is -0.0999. The number of nitrogens with zero attached hydrogens (tertiary/aromatic N) is 1. The van der Waals surface area contributed by atoms with Crippen molar-refractivity contribution in [2.45, 2.75) is 19.9 Å². The van der Waals surface area contributed by atoms with Crippen LogP contribution < -0.4 is 5.32 Å². The lowest BCUT2D eigenvalue weighted by atomic mass is 9.88. The number of aromatic nitrogens is 1. The SMILES string of the molecule is CC(NCC1(C)COC1)c1ccc(F)cn1. The topological polar surface area (TPSA) is 34.1 Å². The number of ether oxygens (including phenoxy) is 1. The van der Waals surface area contributed by atoms with Crippen LogP contribution in [-0.4, -0.2) is 24.7 Å². The molecule has 1 N–H and O–H groups in total. The summed E-state index contributed by atoms with van der Waals surface area (Å²) in [5.41, 5.74) is 1.11. The number of halogens is 1. The van der Waals surface area contributed by atoms with Gasteiger partial charge in [-0.2, -0.15) is 0 Å². The summed E-state index contributed by atoms with van der Waals surface area (Å²) in [5.74, 6) is -0.296. The van der Waals surface area contributed by atoms with Gasteiger partial charge in [-0.1, -0.05) is 6.92 Å². The van der Waals surface area contributed by atoms with Crippen LogP contribution in [0.15, 0.2) is 18.3 Å². The van der Waals surface area contributed by atoms with Crippen LogP contribution >= 0.6 is 0 Å². The molecular weight excluding hydrogens is 207 g/mol. The first kappa shape index (κ1) is 11.5. The molecule has 1 aliphatic heterocycles. The highest BCUT2D eigenvalue weighted by Crippen LogP contribution is 2.26. The van der Waals surface area contributed by atoms with E-state index in [2.05, 4.69) is 17.2 Å².